The van der Waals surface area contributed by atoms with Gasteiger partial charge in [0.25, 0.3) is 0 Å². The molecule has 0 radical (unpaired) electrons. The molecule has 2 unspecified atom stereocenters. The first-order valence-corrected chi connectivity index (χ1v) is 4.27. The zero-order chi connectivity index (χ0) is 10.5. The molecule has 0 spiro atoms. The van der Waals surface area contributed by atoms with E-state index in [1.807, 2.05) is 0 Å². The molecule has 66 valence electrons. The standard InChI is InChI=1S/C10H20O/c1-9(2,3)8-6-5-7-10(8,4)11/h8,11H,5-7H2,1-4H3/i5D2. The summed E-state index contributed by atoms with van der Waals surface area (Å²) in [4.78, 5) is 0. The van der Waals surface area contributed by atoms with E-state index in [2.05, 4.69) is 20.8 Å². The average Bonchev–Trinajstić information content (AvgIpc) is 1.97. The third-order valence-corrected chi connectivity index (χ3v) is 2.63. The van der Waals surface area contributed by atoms with Crippen molar-refractivity contribution >= 4 is 0 Å². The van der Waals surface area contributed by atoms with Crippen LogP contribution in [-0.4, -0.2) is 10.7 Å². The second-order valence-electron chi connectivity index (χ2n) is 4.91. The molecule has 1 aliphatic rings. The first kappa shape index (κ1) is 6.47. The third kappa shape index (κ3) is 1.76. The lowest BCUT2D eigenvalue weighted by Crippen LogP contribution is -2.37. The zero-order valence-corrected chi connectivity index (χ0v) is 7.94. The van der Waals surface area contributed by atoms with Gasteiger partial charge in [0.15, 0.2) is 0 Å². The Morgan fingerprint density at radius 1 is 1.55 bits per heavy atom. The smallest absolute Gasteiger partial charge is 0.0652 e. The molecule has 0 aromatic rings. The van der Waals surface area contributed by atoms with E-state index >= 15 is 0 Å². The Bertz CT molecular complexity index is 203. The van der Waals surface area contributed by atoms with Gasteiger partial charge in [0.05, 0.1) is 5.60 Å². The number of rotatable bonds is 0. The lowest BCUT2D eigenvalue weighted by molar-refractivity contribution is -0.0238. The van der Waals surface area contributed by atoms with Crippen molar-refractivity contribution in [1.29, 1.82) is 0 Å². The second-order valence-corrected chi connectivity index (χ2v) is 4.91. The van der Waals surface area contributed by atoms with Crippen molar-refractivity contribution in [3.8, 4) is 0 Å². The molecule has 0 aromatic heterocycles. The largest absolute Gasteiger partial charge is 0.390 e. The first-order valence-electron chi connectivity index (χ1n) is 5.27. The third-order valence-electron chi connectivity index (χ3n) is 2.63. The van der Waals surface area contributed by atoms with E-state index in [1.54, 1.807) is 6.92 Å². The van der Waals surface area contributed by atoms with E-state index < -0.39 is 12.0 Å². The molecular weight excluding hydrogens is 136 g/mol. The van der Waals surface area contributed by atoms with E-state index in [0.29, 0.717) is 6.42 Å². The van der Waals surface area contributed by atoms with Crippen LogP contribution in [0, 0.1) is 11.3 Å². The van der Waals surface area contributed by atoms with Crippen LogP contribution in [0.1, 0.15) is 49.7 Å². The highest BCUT2D eigenvalue weighted by Crippen LogP contribution is 2.45. The van der Waals surface area contributed by atoms with Crippen LogP contribution in [0.25, 0.3) is 0 Å². The summed E-state index contributed by atoms with van der Waals surface area (Å²) in [5, 5.41) is 10.1. The van der Waals surface area contributed by atoms with Crippen molar-refractivity contribution in [1.82, 2.24) is 0 Å². The highest BCUT2D eigenvalue weighted by molar-refractivity contribution is 4.94. The van der Waals surface area contributed by atoms with Crippen molar-refractivity contribution in [3.63, 3.8) is 0 Å². The van der Waals surface area contributed by atoms with E-state index in [1.165, 1.54) is 0 Å². The van der Waals surface area contributed by atoms with E-state index in [-0.39, 0.29) is 17.8 Å². The maximum Gasteiger partial charge on any atom is 0.0652 e. The second kappa shape index (κ2) is 2.48. The predicted octanol–water partition coefficient (Wildman–Crippen LogP) is 2.58. The molecule has 11 heavy (non-hydrogen) atoms. The molecule has 1 fully saturated rings. The number of hydrogen-bond donors (Lipinski definition) is 1. The molecule has 0 amide bonds. The highest BCUT2D eigenvalue weighted by atomic mass is 16.3. The Morgan fingerprint density at radius 3 is 2.27 bits per heavy atom. The summed E-state index contributed by atoms with van der Waals surface area (Å²) < 4.78 is 15.3. The molecule has 1 heteroatoms. The van der Waals surface area contributed by atoms with Gasteiger partial charge in [0.1, 0.15) is 0 Å². The van der Waals surface area contributed by atoms with Gasteiger partial charge in [-0.15, -0.1) is 0 Å². The fraction of sp³-hybridized carbons (Fsp3) is 1.00. The molecule has 0 heterocycles. The van der Waals surface area contributed by atoms with Crippen LogP contribution < -0.4 is 0 Å². The number of hydrogen-bond acceptors (Lipinski definition) is 1. The Hall–Kier alpha value is -0.0400. The summed E-state index contributed by atoms with van der Waals surface area (Å²) in [6.45, 7) is 7.95. The Morgan fingerprint density at radius 2 is 2.09 bits per heavy atom. The lowest BCUT2D eigenvalue weighted by atomic mass is 9.73. The molecule has 0 saturated heterocycles. The fourth-order valence-corrected chi connectivity index (χ4v) is 2.05. The minimum Gasteiger partial charge on any atom is -0.390 e. The molecule has 0 aliphatic heterocycles. The van der Waals surface area contributed by atoms with E-state index in [4.69, 9.17) is 2.74 Å². The Balaban J connectivity index is 2.89. The van der Waals surface area contributed by atoms with Gasteiger partial charge in [-0.1, -0.05) is 27.1 Å². The SMILES string of the molecule is [2H]C1([2H])CC(C(C)(C)C)C(C)(O)C1. The van der Waals surface area contributed by atoms with Crippen LogP contribution in [0.15, 0.2) is 0 Å². The van der Waals surface area contributed by atoms with Gasteiger partial charge in [-0.2, -0.15) is 0 Å². The first-order chi connectivity index (χ1) is 5.55. The Kier molecular flexibility index (Phi) is 1.46. The molecule has 1 saturated carbocycles. The minimum atomic E-state index is -1.19. The zero-order valence-electron chi connectivity index (χ0n) is 9.94. The average molecular weight is 158 g/mol. The van der Waals surface area contributed by atoms with Crippen LogP contribution >= 0.6 is 0 Å². The van der Waals surface area contributed by atoms with Gasteiger partial charge in [-0.3, -0.25) is 0 Å². The summed E-state index contributed by atoms with van der Waals surface area (Å²) in [7, 11) is 0. The van der Waals surface area contributed by atoms with Gasteiger partial charge in [-0.05, 0) is 31.1 Å². The molecule has 1 aliphatic carbocycles. The molecule has 1 N–H and O–H groups in total. The van der Waals surface area contributed by atoms with Crippen molar-refractivity contribution in [2.45, 2.75) is 52.5 Å². The van der Waals surface area contributed by atoms with Gasteiger partial charge in [0, 0.05) is 2.74 Å². The van der Waals surface area contributed by atoms with Gasteiger partial charge >= 0.3 is 0 Å². The molecular formula is C10H20O. The van der Waals surface area contributed by atoms with Gasteiger partial charge in [-0.25, -0.2) is 0 Å². The molecule has 1 nitrogen and oxygen atoms in total. The van der Waals surface area contributed by atoms with Crippen molar-refractivity contribution in [3.05, 3.63) is 0 Å². The van der Waals surface area contributed by atoms with Crippen molar-refractivity contribution < 1.29 is 7.85 Å². The molecule has 1 rings (SSSR count). The van der Waals surface area contributed by atoms with Gasteiger partial charge < -0.3 is 5.11 Å². The van der Waals surface area contributed by atoms with Crippen molar-refractivity contribution in [2.75, 3.05) is 0 Å². The molecule has 2 atom stereocenters. The summed E-state index contributed by atoms with van der Waals surface area (Å²) in [6, 6.07) is 0. The lowest BCUT2D eigenvalue weighted by Gasteiger charge is -2.36. The van der Waals surface area contributed by atoms with E-state index in [9.17, 15) is 5.11 Å². The molecule has 0 aromatic carbocycles. The van der Waals surface area contributed by atoms with Crippen LogP contribution in [-0.2, 0) is 0 Å². The number of aliphatic hydroxyl groups is 1. The van der Waals surface area contributed by atoms with Crippen LogP contribution in [0.2, 0.25) is 0 Å². The minimum absolute atomic E-state index is 0.0205. The summed E-state index contributed by atoms with van der Waals surface area (Å²) in [5.41, 5.74) is -0.866. The van der Waals surface area contributed by atoms with Crippen molar-refractivity contribution in [2.24, 2.45) is 11.3 Å². The fourth-order valence-electron chi connectivity index (χ4n) is 2.05. The van der Waals surface area contributed by atoms with Crippen LogP contribution in [0.4, 0.5) is 0 Å². The maximum atomic E-state index is 10.1. The summed E-state index contributed by atoms with van der Waals surface area (Å²) in [6.07, 6.45) is -0.452. The van der Waals surface area contributed by atoms with Crippen LogP contribution in [0.5, 0.6) is 0 Å². The highest BCUT2D eigenvalue weighted by Gasteiger charge is 2.43. The quantitative estimate of drug-likeness (QED) is 0.574. The van der Waals surface area contributed by atoms with E-state index in [0.717, 1.165) is 0 Å². The molecule has 0 bridgehead atoms. The monoisotopic (exact) mass is 158 g/mol. The van der Waals surface area contributed by atoms with Crippen LogP contribution in [0.3, 0.4) is 0 Å². The van der Waals surface area contributed by atoms with Gasteiger partial charge in [0.2, 0.25) is 0 Å². The topological polar surface area (TPSA) is 20.2 Å². The summed E-state index contributed by atoms with van der Waals surface area (Å²) >= 11 is 0. The normalized spacial score (nSPS) is 46.8. The summed E-state index contributed by atoms with van der Waals surface area (Å²) in [5.74, 6) is 0.0509. The Labute approximate surface area is 72.6 Å². The predicted molar refractivity (Wildman–Crippen MR) is 47.4 cm³/mol. The maximum absolute atomic E-state index is 10.1.